The molecule has 0 aromatic carbocycles. The van der Waals surface area contributed by atoms with Gasteiger partial charge in [0.1, 0.15) is 0 Å². The summed E-state index contributed by atoms with van der Waals surface area (Å²) in [7, 11) is 0. The lowest BCUT2D eigenvalue weighted by molar-refractivity contribution is -0.115. The number of carbonyl (C=O) groups excluding carboxylic acids is 1. The number of carbonyl (C=O) groups is 1. The molecule has 0 fully saturated rings. The van der Waals surface area contributed by atoms with Crippen molar-refractivity contribution in [2.75, 3.05) is 6.61 Å². The molecular formula is C9H17NO2. The highest BCUT2D eigenvalue weighted by Crippen LogP contribution is 2.18. The predicted molar refractivity (Wildman–Crippen MR) is 48.4 cm³/mol. The third-order valence-corrected chi connectivity index (χ3v) is 1.92. The minimum atomic E-state index is -0.457. The highest BCUT2D eigenvalue weighted by atomic mass is 16.3. The van der Waals surface area contributed by atoms with Gasteiger partial charge in [-0.1, -0.05) is 19.9 Å². The quantitative estimate of drug-likeness (QED) is 0.581. The van der Waals surface area contributed by atoms with Crippen molar-refractivity contribution < 1.29 is 9.90 Å². The molecule has 1 atom stereocenters. The fraction of sp³-hybridized carbons (Fsp3) is 0.667. The van der Waals surface area contributed by atoms with Crippen LogP contribution in [0.25, 0.3) is 0 Å². The van der Waals surface area contributed by atoms with E-state index in [0.717, 1.165) is 12.8 Å². The van der Waals surface area contributed by atoms with E-state index < -0.39 is 5.91 Å². The molecule has 1 amide bonds. The van der Waals surface area contributed by atoms with Gasteiger partial charge in [0, 0.05) is 12.2 Å². The summed E-state index contributed by atoms with van der Waals surface area (Å²) < 4.78 is 0. The molecular weight excluding hydrogens is 154 g/mol. The first kappa shape index (κ1) is 11.2. The molecule has 0 spiro atoms. The maximum Gasteiger partial charge on any atom is 0.244 e. The summed E-state index contributed by atoms with van der Waals surface area (Å²) in [4.78, 5) is 10.7. The van der Waals surface area contributed by atoms with E-state index in [2.05, 4.69) is 6.58 Å². The molecule has 70 valence electrons. The van der Waals surface area contributed by atoms with Crippen LogP contribution in [0.4, 0.5) is 0 Å². The first-order valence-corrected chi connectivity index (χ1v) is 4.22. The van der Waals surface area contributed by atoms with Crippen LogP contribution >= 0.6 is 0 Å². The van der Waals surface area contributed by atoms with E-state index in [1.165, 1.54) is 0 Å². The normalized spacial score (nSPS) is 12.5. The average molecular weight is 171 g/mol. The molecule has 0 saturated heterocycles. The zero-order valence-corrected chi connectivity index (χ0v) is 7.55. The van der Waals surface area contributed by atoms with E-state index >= 15 is 0 Å². The number of aliphatic hydroxyl groups is 1. The van der Waals surface area contributed by atoms with Crippen molar-refractivity contribution in [2.24, 2.45) is 11.7 Å². The molecule has 1 unspecified atom stereocenters. The number of primary amides is 1. The van der Waals surface area contributed by atoms with Gasteiger partial charge in [-0.15, -0.1) is 0 Å². The predicted octanol–water partition coefficient (Wildman–Crippen LogP) is 0.827. The molecule has 0 aliphatic heterocycles. The second-order valence-corrected chi connectivity index (χ2v) is 2.89. The smallest absolute Gasteiger partial charge is 0.244 e. The second kappa shape index (κ2) is 5.77. The SMILES string of the molecule is C=C(C(N)=O)C(CCC)CCO. The van der Waals surface area contributed by atoms with Crippen LogP contribution in [0.1, 0.15) is 26.2 Å². The summed E-state index contributed by atoms with van der Waals surface area (Å²) >= 11 is 0. The molecule has 0 aliphatic carbocycles. The molecule has 0 rings (SSSR count). The lowest BCUT2D eigenvalue weighted by Crippen LogP contribution is -2.20. The van der Waals surface area contributed by atoms with Gasteiger partial charge in [0.2, 0.25) is 5.91 Å². The molecule has 0 bridgehead atoms. The van der Waals surface area contributed by atoms with Crippen molar-refractivity contribution in [3.63, 3.8) is 0 Å². The third-order valence-electron chi connectivity index (χ3n) is 1.92. The summed E-state index contributed by atoms with van der Waals surface area (Å²) in [5, 5.41) is 8.70. The Kier molecular flexibility index (Phi) is 5.37. The second-order valence-electron chi connectivity index (χ2n) is 2.89. The minimum absolute atomic E-state index is 0.0532. The zero-order valence-electron chi connectivity index (χ0n) is 7.55. The van der Waals surface area contributed by atoms with Gasteiger partial charge in [0.25, 0.3) is 0 Å². The number of aliphatic hydroxyl groups excluding tert-OH is 1. The van der Waals surface area contributed by atoms with Gasteiger partial charge < -0.3 is 10.8 Å². The standard InChI is InChI=1S/C9H17NO2/c1-3-4-8(5-6-11)7(2)9(10)12/h8,11H,2-6H2,1H3,(H2,10,12). The Labute approximate surface area is 73.3 Å². The number of hydrogen-bond donors (Lipinski definition) is 2. The van der Waals surface area contributed by atoms with E-state index in [0.29, 0.717) is 12.0 Å². The van der Waals surface area contributed by atoms with Crippen molar-refractivity contribution in [3.05, 3.63) is 12.2 Å². The fourth-order valence-electron chi connectivity index (χ4n) is 1.20. The molecule has 12 heavy (non-hydrogen) atoms. The molecule has 0 saturated carbocycles. The Bertz CT molecular complexity index is 160. The van der Waals surface area contributed by atoms with Crippen LogP contribution in [0.2, 0.25) is 0 Å². The number of amides is 1. The lowest BCUT2D eigenvalue weighted by atomic mass is 9.92. The third kappa shape index (κ3) is 3.53. The summed E-state index contributed by atoms with van der Waals surface area (Å²) in [5.41, 5.74) is 5.51. The summed E-state index contributed by atoms with van der Waals surface area (Å²) in [5.74, 6) is -0.403. The minimum Gasteiger partial charge on any atom is -0.396 e. The van der Waals surface area contributed by atoms with Crippen LogP contribution < -0.4 is 5.73 Å². The first-order valence-electron chi connectivity index (χ1n) is 4.22. The average Bonchev–Trinajstić information content (AvgIpc) is 2.03. The van der Waals surface area contributed by atoms with Gasteiger partial charge in [0.15, 0.2) is 0 Å². The highest BCUT2D eigenvalue weighted by Gasteiger charge is 2.14. The van der Waals surface area contributed by atoms with Crippen molar-refractivity contribution >= 4 is 5.91 Å². The number of nitrogens with two attached hydrogens (primary N) is 1. The monoisotopic (exact) mass is 171 g/mol. The summed E-state index contributed by atoms with van der Waals surface area (Å²) in [6, 6.07) is 0. The van der Waals surface area contributed by atoms with Gasteiger partial charge in [-0.05, 0) is 18.8 Å². The van der Waals surface area contributed by atoms with Gasteiger partial charge in [0.05, 0.1) is 0 Å². The Hall–Kier alpha value is -0.830. The maximum absolute atomic E-state index is 10.7. The maximum atomic E-state index is 10.7. The number of rotatable bonds is 6. The Morgan fingerprint density at radius 2 is 2.17 bits per heavy atom. The molecule has 0 radical (unpaired) electrons. The highest BCUT2D eigenvalue weighted by molar-refractivity contribution is 5.91. The van der Waals surface area contributed by atoms with Gasteiger partial charge in [-0.3, -0.25) is 4.79 Å². The van der Waals surface area contributed by atoms with E-state index in [1.54, 1.807) is 0 Å². The summed E-state index contributed by atoms with van der Waals surface area (Å²) in [6.45, 7) is 5.71. The van der Waals surface area contributed by atoms with Crippen LogP contribution in [0.5, 0.6) is 0 Å². The molecule has 0 aromatic rings. The van der Waals surface area contributed by atoms with Crippen LogP contribution in [0, 0.1) is 5.92 Å². The molecule has 3 nitrogen and oxygen atoms in total. The Morgan fingerprint density at radius 3 is 2.50 bits per heavy atom. The van der Waals surface area contributed by atoms with Crippen molar-refractivity contribution in [2.45, 2.75) is 26.2 Å². The van der Waals surface area contributed by atoms with Crippen molar-refractivity contribution in [1.29, 1.82) is 0 Å². The molecule has 0 heterocycles. The van der Waals surface area contributed by atoms with E-state index in [1.807, 2.05) is 6.92 Å². The number of hydrogen-bond acceptors (Lipinski definition) is 2. The van der Waals surface area contributed by atoms with Crippen LogP contribution in [-0.2, 0) is 4.79 Å². The lowest BCUT2D eigenvalue weighted by Gasteiger charge is -2.14. The molecule has 0 aliphatic rings. The topological polar surface area (TPSA) is 63.3 Å². The van der Waals surface area contributed by atoms with Gasteiger partial charge >= 0.3 is 0 Å². The zero-order chi connectivity index (χ0) is 9.56. The first-order chi connectivity index (χ1) is 5.63. The Balaban J connectivity index is 4.08. The van der Waals surface area contributed by atoms with E-state index in [-0.39, 0.29) is 12.5 Å². The van der Waals surface area contributed by atoms with Crippen LogP contribution in [0.3, 0.4) is 0 Å². The van der Waals surface area contributed by atoms with Crippen molar-refractivity contribution in [3.8, 4) is 0 Å². The van der Waals surface area contributed by atoms with Crippen LogP contribution in [-0.4, -0.2) is 17.6 Å². The van der Waals surface area contributed by atoms with Crippen LogP contribution in [0.15, 0.2) is 12.2 Å². The molecule has 3 heteroatoms. The molecule has 0 aromatic heterocycles. The van der Waals surface area contributed by atoms with Gasteiger partial charge in [-0.2, -0.15) is 0 Å². The van der Waals surface area contributed by atoms with E-state index in [4.69, 9.17) is 10.8 Å². The van der Waals surface area contributed by atoms with Crippen molar-refractivity contribution in [1.82, 2.24) is 0 Å². The summed E-state index contributed by atoms with van der Waals surface area (Å²) in [6.07, 6.45) is 2.41. The fourth-order valence-corrected chi connectivity index (χ4v) is 1.20. The molecule has 3 N–H and O–H groups in total. The van der Waals surface area contributed by atoms with E-state index in [9.17, 15) is 4.79 Å². The largest absolute Gasteiger partial charge is 0.396 e. The Morgan fingerprint density at radius 1 is 1.58 bits per heavy atom. The van der Waals surface area contributed by atoms with Gasteiger partial charge in [-0.25, -0.2) is 0 Å².